The van der Waals surface area contributed by atoms with Crippen molar-refractivity contribution in [2.75, 3.05) is 0 Å². The van der Waals surface area contributed by atoms with E-state index in [2.05, 4.69) is 20.2 Å². The highest BCUT2D eigenvalue weighted by molar-refractivity contribution is 7.89. The fraction of sp³-hybridized carbons (Fsp3) is 0.136. The van der Waals surface area contributed by atoms with E-state index in [0.29, 0.717) is 17.0 Å². The summed E-state index contributed by atoms with van der Waals surface area (Å²) in [5, 5.41) is 10.9. The van der Waals surface area contributed by atoms with Gasteiger partial charge in [0.2, 0.25) is 10.0 Å². The molecule has 0 fully saturated rings. The first kappa shape index (κ1) is 20.7. The van der Waals surface area contributed by atoms with Crippen LogP contribution in [0.3, 0.4) is 0 Å². The summed E-state index contributed by atoms with van der Waals surface area (Å²) >= 11 is 0. The lowest BCUT2D eigenvalue weighted by Crippen LogP contribution is -2.26. The Kier molecular flexibility index (Phi) is 5.79. The molecule has 0 aliphatic rings. The van der Waals surface area contributed by atoms with Crippen LogP contribution in [0, 0.1) is 6.92 Å². The van der Waals surface area contributed by atoms with Crippen molar-refractivity contribution in [3.05, 3.63) is 95.4 Å². The maximum atomic E-state index is 12.8. The van der Waals surface area contributed by atoms with Crippen LogP contribution in [-0.2, 0) is 23.1 Å². The summed E-state index contributed by atoms with van der Waals surface area (Å²) in [7, 11) is -3.79. The van der Waals surface area contributed by atoms with Crippen molar-refractivity contribution >= 4 is 21.6 Å². The summed E-state index contributed by atoms with van der Waals surface area (Å²) in [4.78, 5) is 12.7. The van der Waals surface area contributed by atoms with Crippen molar-refractivity contribution < 1.29 is 13.2 Å². The van der Waals surface area contributed by atoms with E-state index in [4.69, 9.17) is 0 Å². The predicted octanol–water partition coefficient (Wildman–Crippen LogP) is 2.45. The average Bonchev–Trinajstić information content (AvgIpc) is 3.20. The van der Waals surface area contributed by atoms with Crippen LogP contribution < -0.4 is 10.0 Å². The van der Waals surface area contributed by atoms with Crippen molar-refractivity contribution in [3.8, 4) is 0 Å². The molecule has 0 atom stereocenters. The van der Waals surface area contributed by atoms with Gasteiger partial charge < -0.3 is 5.32 Å². The van der Waals surface area contributed by atoms with E-state index in [1.54, 1.807) is 23.5 Å². The third-order valence-corrected chi connectivity index (χ3v) is 6.38. The summed E-state index contributed by atoms with van der Waals surface area (Å²) in [5.74, 6) is 0.181. The fourth-order valence-electron chi connectivity index (χ4n) is 3.16. The number of aryl methyl sites for hydroxylation is 1. The zero-order valence-corrected chi connectivity index (χ0v) is 17.6. The van der Waals surface area contributed by atoms with Crippen LogP contribution in [0.4, 0.5) is 0 Å². The molecule has 0 spiro atoms. The van der Waals surface area contributed by atoms with Gasteiger partial charge in [0.1, 0.15) is 0 Å². The number of carbonyl (C=O) groups is 1. The number of nitrogens with one attached hydrogen (secondary N) is 2. The number of aromatic nitrogens is 3. The van der Waals surface area contributed by atoms with Gasteiger partial charge in [0.25, 0.3) is 5.91 Å². The smallest absolute Gasteiger partial charge is 0.251 e. The summed E-state index contributed by atoms with van der Waals surface area (Å²) in [6.45, 7) is 2.02. The fourth-order valence-corrected chi connectivity index (χ4v) is 4.44. The molecule has 2 heterocycles. The lowest BCUT2D eigenvalue weighted by atomic mass is 10.1. The predicted molar refractivity (Wildman–Crippen MR) is 116 cm³/mol. The van der Waals surface area contributed by atoms with Gasteiger partial charge in [-0.25, -0.2) is 13.1 Å². The minimum absolute atomic E-state index is 0.0732. The molecule has 4 rings (SSSR count). The number of sulfonamides is 1. The minimum Gasteiger partial charge on any atom is -0.345 e. The van der Waals surface area contributed by atoms with Crippen LogP contribution in [0.5, 0.6) is 0 Å². The normalized spacial score (nSPS) is 11.5. The SMILES string of the molecule is Cc1ccc(C(=O)NCc2nnc3ccccn23)cc1S(=O)(=O)NCc1ccccc1. The van der Waals surface area contributed by atoms with E-state index in [9.17, 15) is 13.2 Å². The Bertz CT molecular complexity index is 1330. The Balaban J connectivity index is 1.49. The van der Waals surface area contributed by atoms with Gasteiger partial charge in [0.15, 0.2) is 11.5 Å². The number of hydrogen-bond donors (Lipinski definition) is 2. The first-order valence-electron chi connectivity index (χ1n) is 9.65. The van der Waals surface area contributed by atoms with Gasteiger partial charge in [-0.2, -0.15) is 0 Å². The quantitative estimate of drug-likeness (QED) is 0.464. The molecule has 0 radical (unpaired) electrons. The highest BCUT2D eigenvalue weighted by Gasteiger charge is 2.19. The minimum atomic E-state index is -3.79. The van der Waals surface area contributed by atoms with Crippen LogP contribution in [0.1, 0.15) is 27.3 Å². The third kappa shape index (κ3) is 4.62. The summed E-state index contributed by atoms with van der Waals surface area (Å²) in [6, 6.07) is 19.4. The Morgan fingerprint density at radius 3 is 2.55 bits per heavy atom. The van der Waals surface area contributed by atoms with E-state index in [-0.39, 0.29) is 23.5 Å². The molecular weight excluding hydrogens is 414 g/mol. The average molecular weight is 436 g/mol. The highest BCUT2D eigenvalue weighted by Crippen LogP contribution is 2.18. The monoisotopic (exact) mass is 435 g/mol. The van der Waals surface area contributed by atoms with Crippen molar-refractivity contribution in [1.29, 1.82) is 0 Å². The molecule has 0 saturated carbocycles. The van der Waals surface area contributed by atoms with Crippen molar-refractivity contribution in [2.45, 2.75) is 24.9 Å². The lowest BCUT2D eigenvalue weighted by Gasteiger charge is -2.11. The molecule has 0 aliphatic carbocycles. The molecule has 0 saturated heterocycles. The molecule has 9 heteroatoms. The van der Waals surface area contributed by atoms with Crippen LogP contribution >= 0.6 is 0 Å². The van der Waals surface area contributed by atoms with Gasteiger partial charge in [-0.1, -0.05) is 42.5 Å². The second kappa shape index (κ2) is 8.66. The molecule has 8 nitrogen and oxygen atoms in total. The lowest BCUT2D eigenvalue weighted by molar-refractivity contribution is 0.0949. The van der Waals surface area contributed by atoms with E-state index in [1.165, 1.54) is 6.07 Å². The molecule has 0 unspecified atom stereocenters. The molecular formula is C22H21N5O3S. The first-order valence-corrected chi connectivity index (χ1v) is 11.1. The van der Waals surface area contributed by atoms with Crippen molar-refractivity contribution in [2.24, 2.45) is 0 Å². The van der Waals surface area contributed by atoms with Crippen LogP contribution in [-0.4, -0.2) is 28.9 Å². The molecule has 2 aromatic heterocycles. The molecule has 4 aromatic rings. The zero-order valence-electron chi connectivity index (χ0n) is 16.8. The number of pyridine rings is 1. The third-order valence-electron chi connectivity index (χ3n) is 4.84. The number of nitrogens with zero attached hydrogens (tertiary/aromatic N) is 3. The zero-order chi connectivity index (χ0) is 21.8. The summed E-state index contributed by atoms with van der Waals surface area (Å²) < 4.78 is 30.0. The largest absolute Gasteiger partial charge is 0.345 e. The van der Waals surface area contributed by atoms with Gasteiger partial charge in [-0.15, -0.1) is 10.2 Å². The second-order valence-electron chi connectivity index (χ2n) is 7.02. The van der Waals surface area contributed by atoms with Gasteiger partial charge >= 0.3 is 0 Å². The number of amides is 1. The van der Waals surface area contributed by atoms with Gasteiger partial charge in [0, 0.05) is 18.3 Å². The van der Waals surface area contributed by atoms with Crippen LogP contribution in [0.15, 0.2) is 77.8 Å². The first-order chi connectivity index (χ1) is 14.9. The number of rotatable bonds is 7. The summed E-state index contributed by atoms with van der Waals surface area (Å²) in [6.07, 6.45) is 1.81. The molecule has 31 heavy (non-hydrogen) atoms. The van der Waals surface area contributed by atoms with Crippen molar-refractivity contribution in [3.63, 3.8) is 0 Å². The van der Waals surface area contributed by atoms with E-state index in [1.807, 2.05) is 54.7 Å². The van der Waals surface area contributed by atoms with Gasteiger partial charge in [-0.3, -0.25) is 9.20 Å². The molecule has 2 aromatic carbocycles. The van der Waals surface area contributed by atoms with E-state index >= 15 is 0 Å². The maximum Gasteiger partial charge on any atom is 0.251 e. The van der Waals surface area contributed by atoms with Gasteiger partial charge in [0.05, 0.1) is 11.4 Å². The second-order valence-corrected chi connectivity index (χ2v) is 8.75. The Hall–Kier alpha value is -3.56. The van der Waals surface area contributed by atoms with Crippen LogP contribution in [0.25, 0.3) is 5.65 Å². The highest BCUT2D eigenvalue weighted by atomic mass is 32.2. The Morgan fingerprint density at radius 2 is 1.74 bits per heavy atom. The maximum absolute atomic E-state index is 12.8. The molecule has 0 aliphatic heterocycles. The number of carbonyl (C=O) groups excluding carboxylic acids is 1. The van der Waals surface area contributed by atoms with E-state index in [0.717, 1.165) is 5.56 Å². The molecule has 0 bridgehead atoms. The van der Waals surface area contributed by atoms with Crippen LogP contribution in [0.2, 0.25) is 0 Å². The molecule has 158 valence electrons. The molecule has 1 amide bonds. The topological polar surface area (TPSA) is 105 Å². The molecule has 2 N–H and O–H groups in total. The Morgan fingerprint density at radius 1 is 0.968 bits per heavy atom. The van der Waals surface area contributed by atoms with Gasteiger partial charge in [-0.05, 0) is 42.3 Å². The van der Waals surface area contributed by atoms with E-state index < -0.39 is 15.9 Å². The number of hydrogen-bond acceptors (Lipinski definition) is 5. The Labute approximate surface area is 180 Å². The number of benzene rings is 2. The summed E-state index contributed by atoms with van der Waals surface area (Å²) in [5.41, 5.74) is 2.33. The standard InChI is InChI=1S/C22H21N5O3S/c1-16-10-11-18(13-19(16)31(29,30)24-14-17-7-3-2-4-8-17)22(28)23-15-21-26-25-20-9-5-6-12-27(20)21/h2-13,24H,14-15H2,1H3,(H,23,28). The van der Waals surface area contributed by atoms with Crippen molar-refractivity contribution in [1.82, 2.24) is 24.6 Å². The number of fused-ring (bicyclic) bond motifs is 1.